The molecule has 1 saturated heterocycles. The largest absolute Gasteiger partial charge is 0.480 e. The lowest BCUT2D eigenvalue weighted by Crippen LogP contribution is -2.48. The van der Waals surface area contributed by atoms with Crippen LogP contribution in [0.3, 0.4) is 0 Å². The van der Waals surface area contributed by atoms with E-state index in [2.05, 4.69) is 10.6 Å². The smallest absolute Gasteiger partial charge is 0.251 e. The zero-order chi connectivity index (χ0) is 26.8. The normalized spacial score (nSPS) is 25.7. The molecular weight excluding hydrogens is 510 g/mol. The number of carbonyl (C=O) groups is 1. The van der Waals surface area contributed by atoms with Crippen molar-refractivity contribution in [3.8, 4) is 16.9 Å². The van der Waals surface area contributed by atoms with Crippen LogP contribution in [0.2, 0.25) is 5.02 Å². The number of nitrogens with one attached hydrogen (secondary N) is 2. The minimum Gasteiger partial charge on any atom is -0.480 e. The number of aliphatic hydroxyl groups is 1. The van der Waals surface area contributed by atoms with Crippen LogP contribution in [0.15, 0.2) is 42.5 Å². The van der Waals surface area contributed by atoms with Crippen LogP contribution in [0.25, 0.3) is 11.1 Å². The van der Waals surface area contributed by atoms with Gasteiger partial charge in [-0.2, -0.15) is 0 Å². The van der Waals surface area contributed by atoms with Crippen LogP contribution >= 0.6 is 11.6 Å². The Balaban J connectivity index is 1.62. The van der Waals surface area contributed by atoms with E-state index in [1.807, 2.05) is 37.3 Å². The summed E-state index contributed by atoms with van der Waals surface area (Å²) in [4.78, 5) is 13.1. The molecule has 4 atom stereocenters. The Kier molecular flexibility index (Phi) is 6.21. The van der Waals surface area contributed by atoms with E-state index < -0.39 is 29.2 Å². The van der Waals surface area contributed by atoms with E-state index >= 15 is 8.78 Å². The summed E-state index contributed by atoms with van der Waals surface area (Å²) in [6, 6.07) is 12.5. The molecule has 0 aromatic heterocycles. The average molecular weight is 539 g/mol. The Morgan fingerprint density at radius 1 is 1.21 bits per heavy atom. The van der Waals surface area contributed by atoms with Crippen molar-refractivity contribution in [2.45, 2.75) is 56.3 Å². The first kappa shape index (κ1) is 25.3. The van der Waals surface area contributed by atoms with Gasteiger partial charge in [0.15, 0.2) is 5.60 Å². The predicted molar refractivity (Wildman–Crippen MR) is 142 cm³/mol. The predicted octanol–water partition coefficient (Wildman–Crippen LogP) is 5.77. The maximum Gasteiger partial charge on any atom is 0.251 e. The van der Waals surface area contributed by atoms with Crippen molar-refractivity contribution < 1.29 is 23.4 Å². The third-order valence-electron chi connectivity index (χ3n) is 8.39. The number of benzene rings is 3. The van der Waals surface area contributed by atoms with Crippen LogP contribution in [-0.4, -0.2) is 30.6 Å². The molecule has 3 aliphatic rings. The van der Waals surface area contributed by atoms with Gasteiger partial charge in [-0.3, -0.25) is 4.79 Å². The molecule has 198 valence electrons. The Morgan fingerprint density at radius 2 is 1.97 bits per heavy atom. The highest BCUT2D eigenvalue weighted by molar-refractivity contribution is 6.34. The van der Waals surface area contributed by atoms with Gasteiger partial charge in [-0.1, -0.05) is 48.9 Å². The molecule has 1 fully saturated rings. The van der Waals surface area contributed by atoms with Crippen LogP contribution in [0.4, 0.5) is 8.78 Å². The summed E-state index contributed by atoms with van der Waals surface area (Å²) in [7, 11) is 1.45. The van der Waals surface area contributed by atoms with Crippen molar-refractivity contribution in [1.29, 1.82) is 0 Å². The molecule has 5 nitrogen and oxygen atoms in total. The molecule has 3 N–H and O–H groups in total. The lowest BCUT2D eigenvalue weighted by atomic mass is 9.79. The topological polar surface area (TPSA) is 70.6 Å². The summed E-state index contributed by atoms with van der Waals surface area (Å²) >= 11 is 6.62. The number of halogens is 3. The molecule has 1 aliphatic carbocycles. The van der Waals surface area contributed by atoms with Gasteiger partial charge in [0.05, 0.1) is 22.7 Å². The number of aliphatic hydroxyl groups excluding tert-OH is 1. The van der Waals surface area contributed by atoms with E-state index in [-0.39, 0.29) is 39.4 Å². The summed E-state index contributed by atoms with van der Waals surface area (Å²) in [5.41, 5.74) is 1.42. The monoisotopic (exact) mass is 538 g/mol. The molecule has 6 rings (SSSR count). The summed E-state index contributed by atoms with van der Waals surface area (Å²) in [5, 5.41) is 16.4. The van der Waals surface area contributed by atoms with Gasteiger partial charge < -0.3 is 20.5 Å². The zero-order valence-corrected chi connectivity index (χ0v) is 22.0. The second-order valence-electron chi connectivity index (χ2n) is 10.6. The van der Waals surface area contributed by atoms with Crippen LogP contribution in [-0.2, 0) is 12.0 Å². The minimum absolute atomic E-state index is 0.00259. The molecule has 0 bridgehead atoms. The summed E-state index contributed by atoms with van der Waals surface area (Å²) < 4.78 is 38.6. The second-order valence-corrected chi connectivity index (χ2v) is 10.9. The van der Waals surface area contributed by atoms with Crippen LogP contribution in [0.1, 0.15) is 70.8 Å². The average Bonchev–Trinajstić information content (AvgIpc) is 3.64. The highest BCUT2D eigenvalue weighted by Crippen LogP contribution is 2.53. The minimum atomic E-state index is -0.886. The van der Waals surface area contributed by atoms with Gasteiger partial charge in [0, 0.05) is 36.2 Å². The molecule has 0 saturated carbocycles. The maximum absolute atomic E-state index is 16.5. The summed E-state index contributed by atoms with van der Waals surface area (Å²) in [6.45, 7) is 2.66. The first-order valence-corrected chi connectivity index (χ1v) is 13.4. The van der Waals surface area contributed by atoms with E-state index in [9.17, 15) is 9.90 Å². The molecule has 2 aliphatic heterocycles. The van der Waals surface area contributed by atoms with Gasteiger partial charge >= 0.3 is 0 Å². The Morgan fingerprint density at radius 3 is 2.66 bits per heavy atom. The Hall–Kier alpha value is -3.00. The lowest BCUT2D eigenvalue weighted by Gasteiger charge is -2.35. The van der Waals surface area contributed by atoms with Crippen molar-refractivity contribution in [3.63, 3.8) is 0 Å². The van der Waals surface area contributed by atoms with Crippen LogP contribution < -0.4 is 15.4 Å². The fourth-order valence-corrected chi connectivity index (χ4v) is 6.88. The molecule has 0 radical (unpaired) electrons. The molecule has 8 heteroatoms. The summed E-state index contributed by atoms with van der Waals surface area (Å²) in [5.74, 6) is -1.95. The van der Waals surface area contributed by atoms with Gasteiger partial charge in [0.25, 0.3) is 5.91 Å². The van der Waals surface area contributed by atoms with E-state index in [1.165, 1.54) is 19.2 Å². The van der Waals surface area contributed by atoms with Crippen molar-refractivity contribution in [2.24, 2.45) is 0 Å². The quantitative estimate of drug-likeness (QED) is 0.394. The number of ether oxygens (including phenoxy) is 1. The van der Waals surface area contributed by atoms with E-state index in [0.29, 0.717) is 29.5 Å². The standard InChI is InChI=1S/C30H29ClF2N2O3/c1-15-11-21(36)17-12-18(29(37)34-2)26(28(33)24(15)17)25-19-14-30(23-9-6-10-35-23,16-7-4-3-5-8-16)38-22(19)13-20(32)27(25)31/h3-5,7-8,12-13,15,21,23,35-36H,6,9-11,14H2,1-2H3,(H,34,37)/t15?,21?,23-,30-/m0/s1. The van der Waals surface area contributed by atoms with Crippen LogP contribution in [0, 0.1) is 11.6 Å². The molecule has 3 aromatic carbocycles. The number of carbonyl (C=O) groups excluding carboxylic acids is 1. The van der Waals surface area contributed by atoms with E-state index in [4.69, 9.17) is 16.3 Å². The third-order valence-corrected chi connectivity index (χ3v) is 8.76. The Bertz CT molecular complexity index is 1440. The van der Waals surface area contributed by atoms with Gasteiger partial charge in [0.1, 0.15) is 17.4 Å². The van der Waals surface area contributed by atoms with Gasteiger partial charge in [-0.25, -0.2) is 8.78 Å². The first-order chi connectivity index (χ1) is 18.3. The third kappa shape index (κ3) is 3.67. The fourth-order valence-electron chi connectivity index (χ4n) is 6.62. The summed E-state index contributed by atoms with van der Waals surface area (Å²) in [6.07, 6.45) is 1.61. The van der Waals surface area contributed by atoms with Crippen molar-refractivity contribution >= 4 is 17.5 Å². The second kappa shape index (κ2) is 9.33. The molecule has 1 amide bonds. The van der Waals surface area contributed by atoms with Crippen molar-refractivity contribution in [2.75, 3.05) is 13.6 Å². The molecule has 2 unspecified atom stereocenters. The molecular formula is C30H29ClF2N2O3. The van der Waals surface area contributed by atoms with Gasteiger partial charge in [-0.05, 0) is 54.5 Å². The number of amides is 1. The lowest BCUT2D eigenvalue weighted by molar-refractivity contribution is 0.0539. The highest BCUT2D eigenvalue weighted by atomic mass is 35.5. The highest BCUT2D eigenvalue weighted by Gasteiger charge is 2.50. The zero-order valence-electron chi connectivity index (χ0n) is 21.2. The van der Waals surface area contributed by atoms with Crippen molar-refractivity contribution in [3.05, 3.63) is 86.9 Å². The fraction of sp³-hybridized carbons (Fsp3) is 0.367. The Labute approximate surface area is 225 Å². The number of hydrogen-bond acceptors (Lipinski definition) is 4. The SMILES string of the molecule is CNC(=O)c1cc2c(c(F)c1-c1c(Cl)c(F)cc3c1C[C@](c1ccccc1)([C@@H]1CCCN1)O3)C(C)CC2O. The van der Waals surface area contributed by atoms with Crippen molar-refractivity contribution in [1.82, 2.24) is 10.6 Å². The van der Waals surface area contributed by atoms with E-state index in [1.54, 1.807) is 0 Å². The maximum atomic E-state index is 16.5. The number of hydrogen-bond donors (Lipinski definition) is 3. The molecule has 0 spiro atoms. The number of rotatable bonds is 4. The molecule has 3 aromatic rings. The number of fused-ring (bicyclic) bond motifs is 2. The molecule has 38 heavy (non-hydrogen) atoms. The molecule has 2 heterocycles. The van der Waals surface area contributed by atoms with Gasteiger partial charge in [-0.15, -0.1) is 0 Å². The van der Waals surface area contributed by atoms with E-state index in [0.717, 1.165) is 24.9 Å². The van der Waals surface area contributed by atoms with Crippen LogP contribution in [0.5, 0.6) is 5.75 Å². The van der Waals surface area contributed by atoms with Gasteiger partial charge in [0.2, 0.25) is 0 Å². The first-order valence-electron chi connectivity index (χ1n) is 13.0.